The lowest BCUT2D eigenvalue weighted by Crippen LogP contribution is -2.12. The van der Waals surface area contributed by atoms with Crippen LogP contribution in [0.5, 0.6) is 0 Å². The Bertz CT molecular complexity index is 1390. The lowest BCUT2D eigenvalue weighted by atomic mass is 10.0. The van der Waals surface area contributed by atoms with Crippen LogP contribution >= 0.6 is 0 Å². The van der Waals surface area contributed by atoms with Crippen molar-refractivity contribution in [1.29, 1.82) is 0 Å². The summed E-state index contributed by atoms with van der Waals surface area (Å²) in [6, 6.07) is 33.6. The van der Waals surface area contributed by atoms with E-state index in [0.29, 0.717) is 22.5 Å². The number of rotatable bonds is 5. The van der Waals surface area contributed by atoms with Crippen LogP contribution in [-0.4, -0.2) is 11.8 Å². The Morgan fingerprint density at radius 3 is 1.82 bits per heavy atom. The van der Waals surface area contributed by atoms with Crippen molar-refractivity contribution in [3.63, 3.8) is 0 Å². The maximum atomic E-state index is 12.6. The van der Waals surface area contributed by atoms with Gasteiger partial charge in [0.15, 0.2) is 5.76 Å². The van der Waals surface area contributed by atoms with Gasteiger partial charge in [-0.3, -0.25) is 9.59 Å². The van der Waals surface area contributed by atoms with Crippen LogP contribution in [-0.2, 0) is 0 Å². The molecule has 5 rings (SSSR count). The van der Waals surface area contributed by atoms with E-state index in [4.69, 9.17) is 4.42 Å². The fourth-order valence-electron chi connectivity index (χ4n) is 3.57. The number of nitrogens with one attached hydrogen (secondary N) is 2. The Balaban J connectivity index is 1.22. The zero-order valence-corrected chi connectivity index (χ0v) is 17.6. The lowest BCUT2D eigenvalue weighted by molar-refractivity contribution is 0.0996. The minimum Gasteiger partial charge on any atom is -0.451 e. The van der Waals surface area contributed by atoms with E-state index in [1.165, 1.54) is 0 Å². The standard InChI is InChI=1S/C28H20N2O3/c31-27(21-12-10-20(11-13-21)19-6-2-1-3-7-19)29-23-14-16-24(17-15-23)30-28(32)26-18-22-8-4-5-9-25(22)33-26/h1-18H,(H,29,31)(H,30,32). The quantitative estimate of drug-likeness (QED) is 0.328. The van der Waals surface area contributed by atoms with E-state index in [0.717, 1.165) is 16.5 Å². The van der Waals surface area contributed by atoms with Crippen LogP contribution < -0.4 is 10.6 Å². The molecule has 5 nitrogen and oxygen atoms in total. The summed E-state index contributed by atoms with van der Waals surface area (Å²) in [5.41, 5.74) is 4.62. The van der Waals surface area contributed by atoms with Gasteiger partial charge in [-0.05, 0) is 59.7 Å². The molecule has 0 spiro atoms. The molecule has 1 heterocycles. The fourth-order valence-corrected chi connectivity index (χ4v) is 3.57. The van der Waals surface area contributed by atoms with Gasteiger partial charge in [-0.15, -0.1) is 0 Å². The van der Waals surface area contributed by atoms with Gasteiger partial charge in [0.25, 0.3) is 11.8 Å². The van der Waals surface area contributed by atoms with Gasteiger partial charge < -0.3 is 15.1 Å². The molecular formula is C28H20N2O3. The molecule has 5 aromatic rings. The minimum atomic E-state index is -0.332. The minimum absolute atomic E-state index is 0.200. The van der Waals surface area contributed by atoms with Gasteiger partial charge in [-0.25, -0.2) is 0 Å². The number of furan rings is 1. The predicted octanol–water partition coefficient (Wildman–Crippen LogP) is 6.60. The van der Waals surface area contributed by atoms with Gasteiger partial charge in [0.1, 0.15) is 5.58 Å². The van der Waals surface area contributed by atoms with Crippen molar-refractivity contribution < 1.29 is 14.0 Å². The van der Waals surface area contributed by atoms with Crippen LogP contribution in [0, 0.1) is 0 Å². The van der Waals surface area contributed by atoms with E-state index in [2.05, 4.69) is 10.6 Å². The molecule has 0 radical (unpaired) electrons. The average Bonchev–Trinajstić information content (AvgIpc) is 3.31. The Morgan fingerprint density at radius 2 is 1.15 bits per heavy atom. The summed E-state index contributed by atoms with van der Waals surface area (Å²) in [5.74, 6) is -0.289. The summed E-state index contributed by atoms with van der Waals surface area (Å²) in [7, 11) is 0. The normalized spacial score (nSPS) is 10.7. The van der Waals surface area contributed by atoms with Gasteiger partial charge in [0.2, 0.25) is 0 Å². The second kappa shape index (κ2) is 8.85. The van der Waals surface area contributed by atoms with E-state index in [9.17, 15) is 9.59 Å². The number of carbonyl (C=O) groups excluding carboxylic acids is 2. The Labute approximate surface area is 190 Å². The molecule has 33 heavy (non-hydrogen) atoms. The number of amides is 2. The summed E-state index contributed by atoms with van der Waals surface area (Å²) >= 11 is 0. The molecule has 0 aliphatic carbocycles. The smallest absolute Gasteiger partial charge is 0.291 e. The third kappa shape index (κ3) is 4.52. The van der Waals surface area contributed by atoms with Crippen LogP contribution in [0.25, 0.3) is 22.1 Å². The molecule has 0 aliphatic heterocycles. The third-order valence-corrected chi connectivity index (χ3v) is 5.30. The van der Waals surface area contributed by atoms with E-state index >= 15 is 0 Å². The summed E-state index contributed by atoms with van der Waals surface area (Å²) in [6.45, 7) is 0. The van der Waals surface area contributed by atoms with Crippen LogP contribution in [0.15, 0.2) is 114 Å². The monoisotopic (exact) mass is 432 g/mol. The molecule has 0 aliphatic rings. The first kappa shape index (κ1) is 20.3. The Morgan fingerprint density at radius 1 is 0.576 bits per heavy atom. The largest absolute Gasteiger partial charge is 0.451 e. The number of hydrogen-bond acceptors (Lipinski definition) is 3. The number of anilines is 2. The topological polar surface area (TPSA) is 71.3 Å². The van der Waals surface area contributed by atoms with Gasteiger partial charge >= 0.3 is 0 Å². The highest BCUT2D eigenvalue weighted by Gasteiger charge is 2.13. The predicted molar refractivity (Wildman–Crippen MR) is 130 cm³/mol. The van der Waals surface area contributed by atoms with Crippen LogP contribution in [0.1, 0.15) is 20.9 Å². The average molecular weight is 432 g/mol. The van der Waals surface area contributed by atoms with Crippen molar-refractivity contribution >= 4 is 34.2 Å². The maximum absolute atomic E-state index is 12.6. The first-order valence-electron chi connectivity index (χ1n) is 10.5. The molecule has 0 saturated carbocycles. The highest BCUT2D eigenvalue weighted by Crippen LogP contribution is 2.22. The van der Waals surface area contributed by atoms with Gasteiger partial charge in [0, 0.05) is 22.3 Å². The molecule has 4 aromatic carbocycles. The molecule has 1 aromatic heterocycles. The molecule has 0 fully saturated rings. The summed E-state index contributed by atoms with van der Waals surface area (Å²) in [4.78, 5) is 25.1. The van der Waals surface area contributed by atoms with Crippen LogP contribution in [0.4, 0.5) is 11.4 Å². The SMILES string of the molecule is O=C(Nc1ccc(NC(=O)c2cc3ccccc3o2)cc1)c1ccc(-c2ccccc2)cc1. The molecule has 5 heteroatoms. The highest BCUT2D eigenvalue weighted by molar-refractivity contribution is 6.06. The van der Waals surface area contributed by atoms with Crippen molar-refractivity contribution in [3.05, 3.63) is 121 Å². The summed E-state index contributed by atoms with van der Waals surface area (Å²) < 4.78 is 5.59. The molecule has 0 saturated heterocycles. The molecule has 160 valence electrons. The second-order valence-corrected chi connectivity index (χ2v) is 7.58. The fraction of sp³-hybridized carbons (Fsp3) is 0. The van der Waals surface area contributed by atoms with E-state index in [1.807, 2.05) is 66.7 Å². The molecule has 2 amide bonds. The lowest BCUT2D eigenvalue weighted by Gasteiger charge is -2.08. The molecule has 0 atom stereocenters. The second-order valence-electron chi connectivity index (χ2n) is 7.58. The zero-order chi connectivity index (χ0) is 22.6. The Kier molecular flexibility index (Phi) is 5.43. The number of carbonyl (C=O) groups is 2. The van der Waals surface area contributed by atoms with Crippen molar-refractivity contribution in [2.24, 2.45) is 0 Å². The number of fused-ring (bicyclic) bond motifs is 1. The van der Waals surface area contributed by atoms with Crippen molar-refractivity contribution in [2.75, 3.05) is 10.6 Å². The third-order valence-electron chi connectivity index (χ3n) is 5.30. The van der Waals surface area contributed by atoms with Crippen molar-refractivity contribution in [2.45, 2.75) is 0 Å². The van der Waals surface area contributed by atoms with Gasteiger partial charge in [0.05, 0.1) is 0 Å². The van der Waals surface area contributed by atoms with Crippen molar-refractivity contribution in [1.82, 2.24) is 0 Å². The van der Waals surface area contributed by atoms with E-state index < -0.39 is 0 Å². The van der Waals surface area contributed by atoms with Crippen LogP contribution in [0.2, 0.25) is 0 Å². The maximum Gasteiger partial charge on any atom is 0.291 e. The van der Waals surface area contributed by atoms with Crippen LogP contribution in [0.3, 0.4) is 0 Å². The van der Waals surface area contributed by atoms with E-state index in [-0.39, 0.29) is 17.6 Å². The number of para-hydroxylation sites is 1. The highest BCUT2D eigenvalue weighted by atomic mass is 16.3. The molecule has 0 bridgehead atoms. The number of hydrogen-bond donors (Lipinski definition) is 2. The zero-order valence-electron chi connectivity index (χ0n) is 17.6. The van der Waals surface area contributed by atoms with Crippen molar-refractivity contribution in [3.8, 4) is 11.1 Å². The number of benzene rings is 4. The van der Waals surface area contributed by atoms with Gasteiger partial charge in [-0.1, -0.05) is 60.7 Å². The van der Waals surface area contributed by atoms with E-state index in [1.54, 1.807) is 42.5 Å². The molecule has 0 unspecified atom stereocenters. The molecular weight excluding hydrogens is 412 g/mol. The molecule has 2 N–H and O–H groups in total. The summed E-state index contributed by atoms with van der Waals surface area (Å²) in [5, 5.41) is 6.56. The summed E-state index contributed by atoms with van der Waals surface area (Å²) in [6.07, 6.45) is 0. The Hall–Kier alpha value is -4.64. The first-order valence-corrected chi connectivity index (χ1v) is 10.5. The van der Waals surface area contributed by atoms with Gasteiger partial charge in [-0.2, -0.15) is 0 Å². The first-order chi connectivity index (χ1) is 16.2.